The van der Waals surface area contributed by atoms with Crippen LogP contribution in [0, 0.1) is 5.92 Å². The number of unbranched alkanes of at least 4 members (excludes halogenated alkanes) is 15. The molecule has 0 heterocycles. The van der Waals surface area contributed by atoms with Crippen LogP contribution in [-0.2, 0) is 23.9 Å². The van der Waals surface area contributed by atoms with Gasteiger partial charge in [0.1, 0.15) is 6.61 Å². The van der Waals surface area contributed by atoms with Crippen LogP contribution in [0.15, 0.2) is 48.6 Å². The van der Waals surface area contributed by atoms with Gasteiger partial charge in [-0.05, 0) is 50.5 Å². The minimum absolute atomic E-state index is 0.0579. The van der Waals surface area contributed by atoms with Crippen molar-refractivity contribution in [3.05, 3.63) is 48.6 Å². The third kappa shape index (κ3) is 34.9. The molecule has 0 fully saturated rings. The maximum absolute atomic E-state index is 12.1. The highest BCUT2D eigenvalue weighted by Gasteiger charge is 2.16. The lowest BCUT2D eigenvalue weighted by Crippen LogP contribution is -2.28. The molecule has 1 N–H and O–H groups in total. The minimum Gasteiger partial charge on any atom is -0.462 e. The molecule has 0 radical (unpaired) electrons. The number of aliphatic hydroxyl groups is 1. The Labute approximate surface area is 294 Å². The topological polar surface area (TPSA) is 89.9 Å². The quantitative estimate of drug-likeness (QED) is 0.0240. The number of carbonyl (C=O) groups is 3. The molecule has 0 aliphatic carbocycles. The van der Waals surface area contributed by atoms with Crippen molar-refractivity contribution in [1.82, 2.24) is 0 Å². The lowest BCUT2D eigenvalue weighted by Gasteiger charge is -2.15. The van der Waals surface area contributed by atoms with Crippen LogP contribution in [0.1, 0.15) is 175 Å². The molecule has 0 aromatic heterocycles. The zero-order valence-corrected chi connectivity index (χ0v) is 31.1. The number of hydrogen-bond acceptors (Lipinski definition) is 6. The van der Waals surface area contributed by atoms with Crippen LogP contribution in [0.4, 0.5) is 0 Å². The predicted octanol–water partition coefficient (Wildman–Crippen LogP) is 11.3. The number of aliphatic hydroxyl groups excluding tert-OH is 1. The molecule has 0 saturated carbocycles. The zero-order valence-electron chi connectivity index (χ0n) is 31.1. The molecular formula is C42H72O6. The Morgan fingerprint density at radius 2 is 1.17 bits per heavy atom. The first-order valence-electron chi connectivity index (χ1n) is 19.5. The third-order valence-corrected chi connectivity index (χ3v) is 8.28. The van der Waals surface area contributed by atoms with Gasteiger partial charge >= 0.3 is 11.9 Å². The zero-order chi connectivity index (χ0) is 35.3. The number of ketones is 1. The molecule has 6 heteroatoms. The van der Waals surface area contributed by atoms with Crippen LogP contribution >= 0.6 is 0 Å². The van der Waals surface area contributed by atoms with Crippen LogP contribution in [0.5, 0.6) is 0 Å². The Morgan fingerprint density at radius 1 is 0.604 bits per heavy atom. The molecule has 0 aromatic rings. The van der Waals surface area contributed by atoms with E-state index in [0.717, 1.165) is 44.4 Å². The number of allylic oxidation sites excluding steroid dienone is 8. The summed E-state index contributed by atoms with van der Waals surface area (Å²) in [4.78, 5) is 36.3. The van der Waals surface area contributed by atoms with Crippen LogP contribution in [-0.4, -0.2) is 42.1 Å². The molecular weight excluding hydrogens is 600 g/mol. The minimum atomic E-state index is -0.886. The molecule has 1 atom stereocenters. The summed E-state index contributed by atoms with van der Waals surface area (Å²) < 4.78 is 10.5. The van der Waals surface area contributed by atoms with Gasteiger partial charge in [0, 0.05) is 19.3 Å². The second kappa shape index (κ2) is 35.8. The molecule has 0 unspecified atom stereocenters. The lowest BCUT2D eigenvalue weighted by atomic mass is 10.0. The van der Waals surface area contributed by atoms with Crippen LogP contribution in [0.2, 0.25) is 0 Å². The van der Waals surface area contributed by atoms with E-state index < -0.39 is 18.7 Å². The van der Waals surface area contributed by atoms with E-state index >= 15 is 0 Å². The van der Waals surface area contributed by atoms with Crippen molar-refractivity contribution in [1.29, 1.82) is 0 Å². The van der Waals surface area contributed by atoms with Crippen LogP contribution < -0.4 is 0 Å². The number of rotatable bonds is 34. The summed E-state index contributed by atoms with van der Waals surface area (Å²) in [6, 6.07) is 0. The fraction of sp³-hybridized carbons (Fsp3) is 0.738. The van der Waals surface area contributed by atoms with Crippen molar-refractivity contribution >= 4 is 17.7 Å². The van der Waals surface area contributed by atoms with Crippen molar-refractivity contribution in [2.24, 2.45) is 5.92 Å². The Hall–Kier alpha value is -2.47. The van der Waals surface area contributed by atoms with E-state index in [1.165, 1.54) is 96.0 Å². The Morgan fingerprint density at radius 3 is 1.77 bits per heavy atom. The monoisotopic (exact) mass is 673 g/mol. The average Bonchev–Trinajstić information content (AvgIpc) is 3.06. The molecule has 6 nitrogen and oxygen atoms in total. The summed E-state index contributed by atoms with van der Waals surface area (Å²) >= 11 is 0. The summed E-state index contributed by atoms with van der Waals surface area (Å²) in [5.74, 6) is -0.0679. The van der Waals surface area contributed by atoms with Crippen molar-refractivity contribution < 1.29 is 29.0 Å². The molecule has 276 valence electrons. The van der Waals surface area contributed by atoms with E-state index in [0.29, 0.717) is 12.8 Å². The molecule has 0 saturated heterocycles. The highest BCUT2D eigenvalue weighted by molar-refractivity contribution is 5.90. The number of hydrogen-bond donors (Lipinski definition) is 1. The lowest BCUT2D eigenvalue weighted by molar-refractivity contribution is -0.161. The normalized spacial score (nSPS) is 12.7. The first kappa shape index (κ1) is 45.5. The van der Waals surface area contributed by atoms with E-state index in [4.69, 9.17) is 9.47 Å². The standard InChI is InChI=1S/C42H72O6/c1-4-5-6-7-8-9-10-12-16-19-22-25-28-32-39(44)33-30-35-42(46)48-40(36-43)37-47-41(45)34-29-26-23-20-17-14-11-13-15-18-21-24-27-31-38(2)3/h8-9,12,16,22,25,28,32,38,40,43H,4-7,10-11,13-15,17-21,23-24,26-27,29-31,33-37H2,1-3H3/b9-8-,16-12-,25-22-,32-28+/t40-/m0/s1. The van der Waals surface area contributed by atoms with Crippen molar-refractivity contribution in [2.75, 3.05) is 13.2 Å². The van der Waals surface area contributed by atoms with Gasteiger partial charge in [-0.2, -0.15) is 0 Å². The Kier molecular flexibility index (Phi) is 34.0. The summed E-state index contributed by atoms with van der Waals surface area (Å²) in [5.41, 5.74) is 0. The molecule has 0 aliphatic rings. The number of esters is 2. The van der Waals surface area contributed by atoms with E-state index in [9.17, 15) is 19.5 Å². The summed E-state index contributed by atoms with van der Waals surface area (Å²) in [6.45, 7) is 6.24. The maximum Gasteiger partial charge on any atom is 0.306 e. The van der Waals surface area contributed by atoms with Gasteiger partial charge in [0.15, 0.2) is 11.9 Å². The SMILES string of the molecule is CCCCC/C=C\C/C=C\C/C=C\C=C\C(=O)CCCC(=O)O[C@@H](CO)COC(=O)CCCCCCCCCCCCCCCC(C)C. The van der Waals surface area contributed by atoms with Gasteiger partial charge in [-0.25, -0.2) is 0 Å². The predicted molar refractivity (Wildman–Crippen MR) is 201 cm³/mol. The smallest absolute Gasteiger partial charge is 0.306 e. The van der Waals surface area contributed by atoms with Gasteiger partial charge in [-0.3, -0.25) is 14.4 Å². The van der Waals surface area contributed by atoms with Gasteiger partial charge in [0.05, 0.1) is 6.61 Å². The third-order valence-electron chi connectivity index (χ3n) is 8.28. The largest absolute Gasteiger partial charge is 0.462 e. The Balaban J connectivity index is 3.76. The first-order chi connectivity index (χ1) is 23.4. The molecule has 0 spiro atoms. The van der Waals surface area contributed by atoms with E-state index in [-0.39, 0.29) is 31.2 Å². The molecule has 48 heavy (non-hydrogen) atoms. The fourth-order valence-corrected chi connectivity index (χ4v) is 5.28. The Bertz CT molecular complexity index is 885. The van der Waals surface area contributed by atoms with E-state index in [2.05, 4.69) is 45.1 Å². The van der Waals surface area contributed by atoms with Gasteiger partial charge < -0.3 is 14.6 Å². The second-order valence-corrected chi connectivity index (χ2v) is 13.5. The van der Waals surface area contributed by atoms with Crippen LogP contribution in [0.3, 0.4) is 0 Å². The number of ether oxygens (including phenoxy) is 2. The molecule has 0 aromatic carbocycles. The van der Waals surface area contributed by atoms with Gasteiger partial charge in [0.2, 0.25) is 0 Å². The van der Waals surface area contributed by atoms with Crippen molar-refractivity contribution in [2.45, 2.75) is 181 Å². The summed E-state index contributed by atoms with van der Waals surface area (Å²) in [5, 5.41) is 9.53. The summed E-state index contributed by atoms with van der Waals surface area (Å²) in [7, 11) is 0. The van der Waals surface area contributed by atoms with Crippen molar-refractivity contribution in [3.8, 4) is 0 Å². The highest BCUT2D eigenvalue weighted by atomic mass is 16.6. The van der Waals surface area contributed by atoms with E-state index in [1.54, 1.807) is 6.08 Å². The van der Waals surface area contributed by atoms with Gasteiger partial charge in [-0.1, -0.05) is 160 Å². The average molecular weight is 673 g/mol. The molecule has 0 bridgehead atoms. The number of carbonyl (C=O) groups excluding carboxylic acids is 3. The van der Waals surface area contributed by atoms with Gasteiger partial charge in [-0.15, -0.1) is 0 Å². The molecule has 0 amide bonds. The van der Waals surface area contributed by atoms with Gasteiger partial charge in [0.25, 0.3) is 0 Å². The fourth-order valence-electron chi connectivity index (χ4n) is 5.28. The highest BCUT2D eigenvalue weighted by Crippen LogP contribution is 2.15. The maximum atomic E-state index is 12.1. The first-order valence-corrected chi connectivity index (χ1v) is 19.5. The molecule has 0 aliphatic heterocycles. The van der Waals surface area contributed by atoms with Crippen molar-refractivity contribution in [3.63, 3.8) is 0 Å². The summed E-state index contributed by atoms with van der Waals surface area (Å²) in [6.07, 6.45) is 40.2. The van der Waals surface area contributed by atoms with E-state index in [1.807, 2.05) is 12.2 Å². The van der Waals surface area contributed by atoms with Crippen LogP contribution in [0.25, 0.3) is 0 Å². The molecule has 0 rings (SSSR count). The second-order valence-electron chi connectivity index (χ2n) is 13.5.